The van der Waals surface area contributed by atoms with E-state index in [-0.39, 0.29) is 17.4 Å². The quantitative estimate of drug-likeness (QED) is 0.741. The van der Waals surface area contributed by atoms with Crippen molar-refractivity contribution in [3.63, 3.8) is 0 Å². The van der Waals surface area contributed by atoms with E-state index in [0.717, 1.165) is 31.2 Å². The maximum Gasteiger partial charge on any atom is 0.222 e. The van der Waals surface area contributed by atoms with Crippen LogP contribution in [-0.2, 0) is 11.3 Å². The summed E-state index contributed by atoms with van der Waals surface area (Å²) in [6.45, 7) is 0.464. The third-order valence-electron chi connectivity index (χ3n) is 5.68. The maximum absolute atomic E-state index is 12.4. The van der Waals surface area contributed by atoms with Gasteiger partial charge in [0.25, 0.3) is 0 Å². The summed E-state index contributed by atoms with van der Waals surface area (Å²) in [7, 11) is 0. The molecule has 0 aliphatic heterocycles. The number of nitrogens with zero attached hydrogens (tertiary/aromatic N) is 2. The van der Waals surface area contributed by atoms with Crippen LogP contribution in [0.5, 0.6) is 0 Å². The highest BCUT2D eigenvalue weighted by Gasteiger charge is 2.23. The lowest BCUT2D eigenvalue weighted by atomic mass is 9.82. The van der Waals surface area contributed by atoms with Crippen molar-refractivity contribution in [1.29, 1.82) is 0 Å². The van der Waals surface area contributed by atoms with E-state index >= 15 is 0 Å². The zero-order chi connectivity index (χ0) is 19.3. The molecular weight excluding hydrogens is 350 g/mol. The Labute approximate surface area is 164 Å². The van der Waals surface area contributed by atoms with E-state index in [4.69, 9.17) is 0 Å². The molecule has 1 aliphatic rings. The van der Waals surface area contributed by atoms with Gasteiger partial charge < -0.3 is 5.32 Å². The summed E-state index contributed by atoms with van der Waals surface area (Å²) in [5, 5.41) is 8.01. The maximum atomic E-state index is 12.4. The summed E-state index contributed by atoms with van der Waals surface area (Å²) >= 11 is 0. The largest absolute Gasteiger partial charge is 0.353 e. The first kappa shape index (κ1) is 18.4. The van der Waals surface area contributed by atoms with Crippen molar-refractivity contribution in [2.75, 3.05) is 0 Å². The molecule has 1 aliphatic carbocycles. The topological polar surface area (TPSA) is 64.0 Å². The van der Waals surface area contributed by atoms with Gasteiger partial charge in [-0.05, 0) is 49.3 Å². The van der Waals surface area contributed by atoms with Gasteiger partial charge in [-0.1, -0.05) is 42.5 Å². The van der Waals surface area contributed by atoms with Crippen molar-refractivity contribution in [3.8, 4) is 0 Å². The molecule has 1 fully saturated rings. The van der Waals surface area contributed by atoms with Crippen molar-refractivity contribution < 1.29 is 4.79 Å². The lowest BCUT2D eigenvalue weighted by molar-refractivity contribution is -0.122. The summed E-state index contributed by atoms with van der Waals surface area (Å²) in [6.07, 6.45) is 5.94. The van der Waals surface area contributed by atoms with Crippen LogP contribution in [0.3, 0.4) is 0 Å². The SMILES string of the molecule is O=C(CCn1ncc(=O)c2ccccc21)NC1CCC(c2ccccc2)CC1. The van der Waals surface area contributed by atoms with Crippen molar-refractivity contribution in [2.24, 2.45) is 0 Å². The molecule has 1 saturated carbocycles. The average molecular weight is 375 g/mol. The summed E-state index contributed by atoms with van der Waals surface area (Å²) in [6, 6.07) is 18.3. The fourth-order valence-electron chi connectivity index (χ4n) is 4.14. The molecule has 0 unspecified atom stereocenters. The molecule has 1 amide bonds. The highest BCUT2D eigenvalue weighted by atomic mass is 16.1. The zero-order valence-corrected chi connectivity index (χ0v) is 15.9. The Hall–Kier alpha value is -2.95. The standard InChI is InChI=1S/C23H25N3O2/c27-22-16-24-26(21-9-5-4-8-20(21)22)15-14-23(28)25-19-12-10-18(11-13-19)17-6-2-1-3-7-17/h1-9,16,18-19H,10-15H2,(H,25,28). The van der Waals surface area contributed by atoms with E-state index in [0.29, 0.717) is 24.3 Å². The normalized spacial score (nSPS) is 19.4. The van der Waals surface area contributed by atoms with E-state index in [1.54, 1.807) is 10.7 Å². The van der Waals surface area contributed by atoms with Gasteiger partial charge in [-0.15, -0.1) is 0 Å². The van der Waals surface area contributed by atoms with Crippen molar-refractivity contribution in [2.45, 2.75) is 50.6 Å². The number of benzene rings is 2. The lowest BCUT2D eigenvalue weighted by Crippen LogP contribution is -2.37. The van der Waals surface area contributed by atoms with E-state index in [1.165, 1.54) is 11.8 Å². The fraction of sp³-hybridized carbons (Fsp3) is 0.348. The molecular formula is C23H25N3O2. The van der Waals surface area contributed by atoms with Crippen LogP contribution in [-0.4, -0.2) is 21.7 Å². The van der Waals surface area contributed by atoms with E-state index in [9.17, 15) is 9.59 Å². The summed E-state index contributed by atoms with van der Waals surface area (Å²) in [5.41, 5.74) is 2.08. The van der Waals surface area contributed by atoms with E-state index < -0.39 is 0 Å². The predicted octanol–water partition coefficient (Wildman–Crippen LogP) is 3.63. The number of hydrogen-bond donors (Lipinski definition) is 1. The van der Waals surface area contributed by atoms with Gasteiger partial charge >= 0.3 is 0 Å². The Balaban J connectivity index is 1.30. The predicted molar refractivity (Wildman–Crippen MR) is 110 cm³/mol. The third-order valence-corrected chi connectivity index (χ3v) is 5.68. The molecule has 144 valence electrons. The van der Waals surface area contributed by atoms with E-state index in [1.807, 2.05) is 18.2 Å². The fourth-order valence-corrected chi connectivity index (χ4v) is 4.14. The second kappa shape index (κ2) is 8.38. The molecule has 28 heavy (non-hydrogen) atoms. The lowest BCUT2D eigenvalue weighted by Gasteiger charge is -2.29. The van der Waals surface area contributed by atoms with Crippen molar-refractivity contribution in [1.82, 2.24) is 15.1 Å². The first-order chi connectivity index (χ1) is 13.7. The Morgan fingerprint density at radius 1 is 1.00 bits per heavy atom. The molecule has 0 atom stereocenters. The molecule has 1 N–H and O–H groups in total. The molecule has 2 aromatic carbocycles. The van der Waals surface area contributed by atoms with Gasteiger partial charge in [0, 0.05) is 17.8 Å². The monoisotopic (exact) mass is 375 g/mol. The van der Waals surface area contributed by atoms with Crippen LogP contribution >= 0.6 is 0 Å². The van der Waals surface area contributed by atoms with Gasteiger partial charge in [0.15, 0.2) is 0 Å². The Kier molecular flexibility index (Phi) is 5.51. The second-order valence-electron chi connectivity index (χ2n) is 7.53. The average Bonchev–Trinajstić information content (AvgIpc) is 2.75. The number of para-hydroxylation sites is 1. The molecule has 3 aromatic rings. The third kappa shape index (κ3) is 4.14. The minimum absolute atomic E-state index is 0.0488. The zero-order valence-electron chi connectivity index (χ0n) is 15.9. The van der Waals surface area contributed by atoms with Crippen LogP contribution < -0.4 is 10.7 Å². The molecule has 5 nitrogen and oxygen atoms in total. The number of aryl methyl sites for hydroxylation is 1. The van der Waals surface area contributed by atoms with Gasteiger partial charge in [0.05, 0.1) is 18.3 Å². The number of nitrogens with one attached hydrogen (secondary N) is 1. The first-order valence-electron chi connectivity index (χ1n) is 10.00. The van der Waals surface area contributed by atoms with Gasteiger partial charge in [-0.25, -0.2) is 0 Å². The molecule has 1 heterocycles. The van der Waals surface area contributed by atoms with Crippen LogP contribution in [0.1, 0.15) is 43.6 Å². The number of carbonyl (C=O) groups is 1. The minimum atomic E-state index is -0.0912. The van der Waals surface area contributed by atoms with Crippen LogP contribution in [0, 0.1) is 0 Å². The summed E-state index contributed by atoms with van der Waals surface area (Å²) in [5.74, 6) is 0.652. The number of aromatic nitrogens is 2. The molecule has 4 rings (SSSR count). The second-order valence-corrected chi connectivity index (χ2v) is 7.53. The Morgan fingerprint density at radius 3 is 2.50 bits per heavy atom. The molecule has 0 spiro atoms. The number of amides is 1. The first-order valence-corrected chi connectivity index (χ1v) is 10.00. The summed E-state index contributed by atoms with van der Waals surface area (Å²) < 4.78 is 1.74. The Morgan fingerprint density at radius 2 is 1.71 bits per heavy atom. The van der Waals surface area contributed by atoms with Gasteiger partial charge in [-0.3, -0.25) is 14.3 Å². The van der Waals surface area contributed by atoms with E-state index in [2.05, 4.69) is 40.7 Å². The van der Waals surface area contributed by atoms with Gasteiger partial charge in [-0.2, -0.15) is 5.10 Å². The van der Waals surface area contributed by atoms with Crippen LogP contribution in [0.25, 0.3) is 10.9 Å². The Bertz CT molecular complexity index is 1010. The van der Waals surface area contributed by atoms with Gasteiger partial charge in [0.2, 0.25) is 11.3 Å². The minimum Gasteiger partial charge on any atom is -0.353 e. The van der Waals surface area contributed by atoms with Crippen LogP contribution in [0.2, 0.25) is 0 Å². The number of carbonyl (C=O) groups excluding carboxylic acids is 1. The number of fused-ring (bicyclic) bond motifs is 1. The molecule has 0 saturated heterocycles. The molecule has 1 aromatic heterocycles. The number of rotatable bonds is 5. The molecule has 0 bridgehead atoms. The smallest absolute Gasteiger partial charge is 0.222 e. The van der Waals surface area contributed by atoms with Crippen molar-refractivity contribution >= 4 is 16.8 Å². The number of hydrogen-bond acceptors (Lipinski definition) is 3. The summed E-state index contributed by atoms with van der Waals surface area (Å²) in [4.78, 5) is 24.3. The molecule has 0 radical (unpaired) electrons. The molecule has 5 heteroatoms. The highest BCUT2D eigenvalue weighted by molar-refractivity contribution is 5.79. The van der Waals surface area contributed by atoms with Crippen molar-refractivity contribution in [3.05, 3.63) is 76.6 Å². The van der Waals surface area contributed by atoms with Crippen LogP contribution in [0.4, 0.5) is 0 Å². The van der Waals surface area contributed by atoms with Gasteiger partial charge in [0.1, 0.15) is 0 Å². The highest BCUT2D eigenvalue weighted by Crippen LogP contribution is 2.32. The van der Waals surface area contributed by atoms with Crippen LogP contribution in [0.15, 0.2) is 65.6 Å².